The lowest BCUT2D eigenvalue weighted by atomic mass is 10.2. The van der Waals surface area contributed by atoms with Crippen LogP contribution in [0.3, 0.4) is 0 Å². The van der Waals surface area contributed by atoms with Crippen LogP contribution in [0.1, 0.15) is 22.3 Å². The average Bonchev–Trinajstić information content (AvgIpc) is 2.13. The summed E-state index contributed by atoms with van der Waals surface area (Å²) < 4.78 is 4.45. The van der Waals surface area contributed by atoms with E-state index < -0.39 is 0 Å². The Hall–Kier alpha value is -0.740. The zero-order chi connectivity index (χ0) is 12.4. The number of aryl methyl sites for hydroxylation is 4. The first-order valence-corrected chi connectivity index (χ1v) is 5.97. The zero-order valence-electron chi connectivity index (χ0n) is 11.8. The van der Waals surface area contributed by atoms with Crippen molar-refractivity contribution in [2.75, 3.05) is 0 Å². The van der Waals surface area contributed by atoms with Gasteiger partial charge in [0.1, 0.15) is 0 Å². The Balaban J connectivity index is 0.00000162. The van der Waals surface area contributed by atoms with Crippen LogP contribution >= 0.6 is 0 Å². The summed E-state index contributed by atoms with van der Waals surface area (Å²) in [6.45, 7) is 9.40. The number of hydrogen-bond acceptors (Lipinski definition) is 0. The van der Waals surface area contributed by atoms with Gasteiger partial charge in [-0.3, -0.25) is 0 Å². The highest BCUT2D eigenvalue weighted by molar-refractivity contribution is 5.12. The second kappa shape index (κ2) is 7.75. The number of rotatable bonds is 2. The summed E-state index contributed by atoms with van der Waals surface area (Å²) in [5.74, 6) is 0. The van der Waals surface area contributed by atoms with Gasteiger partial charge in [0.05, 0.1) is 0 Å². The Morgan fingerprint density at radius 3 is 1.16 bits per heavy atom. The molecule has 2 nitrogen and oxygen atoms in total. The lowest BCUT2D eigenvalue weighted by Gasteiger charge is -1.99. The summed E-state index contributed by atoms with van der Waals surface area (Å²) in [4.78, 5) is 0. The molecule has 0 aromatic carbocycles. The van der Waals surface area contributed by atoms with Crippen LogP contribution < -0.4 is 43.1 Å². The summed E-state index contributed by atoms with van der Waals surface area (Å²) in [6, 6.07) is 4.39. The lowest BCUT2D eigenvalue weighted by molar-refractivity contribution is -0.913. The van der Waals surface area contributed by atoms with Gasteiger partial charge in [0.25, 0.3) is 0 Å². The maximum Gasteiger partial charge on any atom is 0.343 e. The van der Waals surface area contributed by atoms with Crippen LogP contribution in [0.2, 0.25) is 0 Å². The third kappa shape index (κ3) is 5.41. The highest BCUT2D eigenvalue weighted by Crippen LogP contribution is 1.98. The molecule has 2 aromatic rings. The van der Waals surface area contributed by atoms with Crippen LogP contribution in [-0.2, 0) is 6.67 Å². The second-order valence-electron chi connectivity index (χ2n) is 4.95. The summed E-state index contributed by atoms with van der Waals surface area (Å²) in [5, 5.41) is 0. The second-order valence-corrected chi connectivity index (χ2v) is 4.95. The summed E-state index contributed by atoms with van der Waals surface area (Å²) in [7, 11) is 0. The molecule has 0 saturated heterocycles. The topological polar surface area (TPSA) is 7.76 Å². The molecule has 0 amide bonds. The van der Waals surface area contributed by atoms with Gasteiger partial charge in [-0.15, -0.1) is 9.13 Å². The molecule has 0 aliphatic heterocycles. The zero-order valence-corrected chi connectivity index (χ0v) is 15.0. The van der Waals surface area contributed by atoms with Gasteiger partial charge < -0.3 is 34.0 Å². The van der Waals surface area contributed by atoms with E-state index in [1.54, 1.807) is 0 Å². The molecule has 0 N–H and O–H groups in total. The van der Waals surface area contributed by atoms with Crippen molar-refractivity contribution in [3.63, 3.8) is 0 Å². The Bertz CT molecular complexity index is 464. The molecule has 2 aromatic heterocycles. The first-order chi connectivity index (χ1) is 8.02. The molecule has 0 radical (unpaired) electrons. The third-order valence-corrected chi connectivity index (χ3v) is 2.72. The number of hydrogen-bond donors (Lipinski definition) is 0. The van der Waals surface area contributed by atoms with E-state index in [1.807, 2.05) is 0 Å². The molecule has 0 spiro atoms. The molecule has 0 unspecified atom stereocenters. The van der Waals surface area contributed by atoms with Gasteiger partial charge in [-0.2, -0.15) is 0 Å². The monoisotopic (exact) mass is 386 g/mol. The van der Waals surface area contributed by atoms with E-state index in [0.717, 1.165) is 6.67 Å². The highest BCUT2D eigenvalue weighted by Gasteiger charge is 2.10. The van der Waals surface area contributed by atoms with Crippen molar-refractivity contribution in [1.82, 2.24) is 0 Å². The standard InChI is InChI=1S/C15H20N2.2BrH/c1-12-5-13(2)8-16(7-12)11-17-9-14(3)6-15(4)10-17;;/h5-10H,11H2,1-4H3;2*1H/q+2;;/p-2. The van der Waals surface area contributed by atoms with Gasteiger partial charge in [-0.1, -0.05) is 0 Å². The minimum atomic E-state index is 0. The fraction of sp³-hybridized carbons (Fsp3) is 0.333. The van der Waals surface area contributed by atoms with Gasteiger partial charge >= 0.3 is 6.67 Å². The van der Waals surface area contributed by atoms with E-state index in [2.05, 4.69) is 73.7 Å². The van der Waals surface area contributed by atoms with Crippen LogP contribution in [-0.4, -0.2) is 0 Å². The third-order valence-electron chi connectivity index (χ3n) is 2.72. The van der Waals surface area contributed by atoms with Crippen LogP contribution in [0.5, 0.6) is 0 Å². The fourth-order valence-corrected chi connectivity index (χ4v) is 2.34. The molecule has 104 valence electrons. The van der Waals surface area contributed by atoms with E-state index >= 15 is 0 Å². The number of nitrogens with zero attached hydrogens (tertiary/aromatic N) is 2. The van der Waals surface area contributed by atoms with Crippen molar-refractivity contribution in [2.45, 2.75) is 34.4 Å². The fourth-order valence-electron chi connectivity index (χ4n) is 2.34. The average molecular weight is 388 g/mol. The predicted molar refractivity (Wildman–Crippen MR) is 67.6 cm³/mol. The SMILES string of the molecule is Cc1cc(C)c[n+](C[n+]2cc(C)cc(C)c2)c1.[Br-].[Br-]. The van der Waals surface area contributed by atoms with Gasteiger partial charge in [0, 0.05) is 22.3 Å². The quantitative estimate of drug-likeness (QED) is 0.464. The molecule has 0 aliphatic rings. The van der Waals surface area contributed by atoms with Gasteiger partial charge in [0.15, 0.2) is 24.8 Å². The van der Waals surface area contributed by atoms with E-state index in [-0.39, 0.29) is 34.0 Å². The molecule has 2 rings (SSSR count). The van der Waals surface area contributed by atoms with Gasteiger partial charge in [-0.05, 0) is 39.8 Å². The van der Waals surface area contributed by atoms with E-state index in [0.29, 0.717) is 0 Å². The van der Waals surface area contributed by atoms with Crippen molar-refractivity contribution in [3.8, 4) is 0 Å². The molecule has 0 atom stereocenters. The summed E-state index contributed by atoms with van der Waals surface area (Å²) >= 11 is 0. The van der Waals surface area contributed by atoms with Gasteiger partial charge in [0.2, 0.25) is 0 Å². The predicted octanol–water partition coefficient (Wildman–Crippen LogP) is -3.99. The summed E-state index contributed by atoms with van der Waals surface area (Å²) in [6.07, 6.45) is 8.71. The van der Waals surface area contributed by atoms with Crippen molar-refractivity contribution >= 4 is 0 Å². The minimum absolute atomic E-state index is 0. The minimum Gasteiger partial charge on any atom is -1.00 e. The van der Waals surface area contributed by atoms with Crippen LogP contribution in [0, 0.1) is 27.7 Å². The van der Waals surface area contributed by atoms with E-state index in [1.165, 1.54) is 22.3 Å². The molecule has 2 heterocycles. The maximum absolute atomic E-state index is 2.23. The maximum atomic E-state index is 2.23. The number of pyridine rings is 2. The Morgan fingerprint density at radius 1 is 0.632 bits per heavy atom. The van der Waals surface area contributed by atoms with Crippen molar-refractivity contribution < 1.29 is 43.1 Å². The Kier molecular flexibility index (Phi) is 7.45. The molecule has 0 aliphatic carbocycles. The molecule has 0 bridgehead atoms. The molecular weight excluding hydrogens is 368 g/mol. The smallest absolute Gasteiger partial charge is 0.343 e. The van der Waals surface area contributed by atoms with Crippen LogP contribution in [0.25, 0.3) is 0 Å². The first-order valence-electron chi connectivity index (χ1n) is 5.97. The first kappa shape index (κ1) is 18.3. The molecule has 0 saturated carbocycles. The lowest BCUT2D eigenvalue weighted by Crippen LogP contribution is -3.00. The Morgan fingerprint density at radius 2 is 0.895 bits per heavy atom. The molecule has 19 heavy (non-hydrogen) atoms. The van der Waals surface area contributed by atoms with Gasteiger partial charge in [-0.25, -0.2) is 0 Å². The largest absolute Gasteiger partial charge is 1.00 e. The van der Waals surface area contributed by atoms with Crippen molar-refractivity contribution in [3.05, 3.63) is 59.2 Å². The molecular formula is C15H20Br2N2. The van der Waals surface area contributed by atoms with Crippen LogP contribution in [0.4, 0.5) is 0 Å². The molecule has 0 fully saturated rings. The number of aromatic nitrogens is 2. The summed E-state index contributed by atoms with van der Waals surface area (Å²) in [5.41, 5.74) is 5.20. The number of halogens is 2. The highest BCUT2D eigenvalue weighted by atomic mass is 79.9. The molecule has 4 heteroatoms. The Labute approximate surface area is 136 Å². The van der Waals surface area contributed by atoms with E-state index in [9.17, 15) is 0 Å². The van der Waals surface area contributed by atoms with Crippen molar-refractivity contribution in [2.24, 2.45) is 0 Å². The van der Waals surface area contributed by atoms with Crippen LogP contribution in [0.15, 0.2) is 36.9 Å². The van der Waals surface area contributed by atoms with E-state index in [4.69, 9.17) is 0 Å². The normalized spacial score (nSPS) is 9.47. The van der Waals surface area contributed by atoms with Crippen molar-refractivity contribution in [1.29, 1.82) is 0 Å².